The zero-order valence-electron chi connectivity index (χ0n) is 19.3. The molecule has 2 aromatic rings. The number of hydrogen-bond donors (Lipinski definition) is 1. The summed E-state index contributed by atoms with van der Waals surface area (Å²) in [6.45, 7) is 0.241. The van der Waals surface area contributed by atoms with E-state index in [9.17, 15) is 14.4 Å². The minimum Gasteiger partial charge on any atom is -0.366 e. The molecule has 0 aromatic carbocycles. The third-order valence-corrected chi connectivity index (χ3v) is 9.25. The van der Waals surface area contributed by atoms with Crippen LogP contribution in [0.2, 0.25) is 0 Å². The highest BCUT2D eigenvalue weighted by Gasteiger charge is 2.53. The number of ether oxygens (including phenoxy) is 1. The molecule has 4 atom stereocenters. The van der Waals surface area contributed by atoms with Gasteiger partial charge in [-0.25, -0.2) is 0 Å². The third-order valence-electron chi connectivity index (χ3n) is 7.73. The molecule has 4 heterocycles. The van der Waals surface area contributed by atoms with Crippen molar-refractivity contribution < 1.29 is 19.1 Å². The lowest BCUT2D eigenvalue weighted by molar-refractivity contribution is -0.139. The van der Waals surface area contributed by atoms with E-state index in [1.54, 1.807) is 11.0 Å². The van der Waals surface area contributed by atoms with Crippen molar-refractivity contribution in [3.63, 3.8) is 0 Å². The molecule has 0 radical (unpaired) electrons. The average molecular weight is 514 g/mol. The molecule has 35 heavy (non-hydrogen) atoms. The number of carbonyl (C=O) groups is 3. The first kappa shape index (κ1) is 23.1. The van der Waals surface area contributed by atoms with E-state index in [2.05, 4.69) is 22.4 Å². The van der Waals surface area contributed by atoms with E-state index in [-0.39, 0.29) is 36.7 Å². The summed E-state index contributed by atoms with van der Waals surface area (Å²) in [5, 5.41) is 2.61. The van der Waals surface area contributed by atoms with Crippen molar-refractivity contribution in [2.24, 2.45) is 5.92 Å². The monoisotopic (exact) mass is 513 g/mol. The molecule has 184 valence electrons. The fourth-order valence-electron chi connectivity index (χ4n) is 5.67. The summed E-state index contributed by atoms with van der Waals surface area (Å²) in [5.41, 5.74) is 2.12. The van der Waals surface area contributed by atoms with Gasteiger partial charge in [0.15, 0.2) is 5.78 Å². The number of ketones is 1. The molecule has 0 spiro atoms. The summed E-state index contributed by atoms with van der Waals surface area (Å²) in [6, 6.07) is 6.54. The van der Waals surface area contributed by atoms with E-state index in [0.717, 1.165) is 41.8 Å². The normalized spacial score (nSPS) is 27.3. The van der Waals surface area contributed by atoms with Gasteiger partial charge in [-0.05, 0) is 49.8 Å². The fraction of sp³-hybridized carbons (Fsp3) is 0.538. The Labute approximate surface area is 213 Å². The number of hydrogen-bond acceptors (Lipinski definition) is 6. The van der Waals surface area contributed by atoms with Gasteiger partial charge in [0.05, 0.1) is 10.3 Å². The third kappa shape index (κ3) is 4.41. The number of nitrogens with zero attached hydrogens (tertiary/aromatic N) is 2. The number of fused-ring (bicyclic) bond motifs is 1. The Bertz CT molecular complexity index is 1140. The molecule has 9 heteroatoms. The van der Waals surface area contributed by atoms with Crippen LogP contribution < -0.4 is 5.32 Å². The van der Waals surface area contributed by atoms with Gasteiger partial charge in [0.2, 0.25) is 5.91 Å². The predicted octanol–water partition coefficient (Wildman–Crippen LogP) is 3.76. The summed E-state index contributed by atoms with van der Waals surface area (Å²) < 4.78 is 5.54. The molecule has 4 fully saturated rings. The first-order valence-electron chi connectivity index (χ1n) is 12.5. The van der Waals surface area contributed by atoms with Crippen LogP contribution in [0.3, 0.4) is 0 Å². The number of alkyl halides is 1. The molecular weight excluding hydrogens is 486 g/mol. The predicted molar refractivity (Wildman–Crippen MR) is 133 cm³/mol. The molecule has 6 rings (SSSR count). The van der Waals surface area contributed by atoms with Crippen LogP contribution in [0.15, 0.2) is 30.5 Å². The van der Waals surface area contributed by atoms with Crippen LogP contribution in [-0.2, 0) is 14.3 Å². The van der Waals surface area contributed by atoms with Crippen LogP contribution in [0, 0.1) is 5.92 Å². The number of Topliss-reactive ketones (excluding diaryl/α,β-unsaturated/α-hetero) is 1. The second-order valence-electron chi connectivity index (χ2n) is 10.1. The maximum absolute atomic E-state index is 13.7. The van der Waals surface area contributed by atoms with Crippen molar-refractivity contribution in [1.29, 1.82) is 0 Å². The van der Waals surface area contributed by atoms with Crippen LogP contribution in [-0.4, -0.2) is 64.2 Å². The van der Waals surface area contributed by atoms with E-state index in [4.69, 9.17) is 16.3 Å². The van der Waals surface area contributed by atoms with Crippen LogP contribution in [0.5, 0.6) is 0 Å². The van der Waals surface area contributed by atoms with Crippen molar-refractivity contribution in [1.82, 2.24) is 15.2 Å². The van der Waals surface area contributed by atoms with E-state index in [1.165, 1.54) is 24.2 Å². The smallest absolute Gasteiger partial charge is 0.262 e. The number of aromatic nitrogens is 1. The number of pyridine rings is 1. The largest absolute Gasteiger partial charge is 0.366 e. The lowest BCUT2D eigenvalue weighted by Gasteiger charge is -2.30. The van der Waals surface area contributed by atoms with E-state index in [1.807, 2.05) is 12.3 Å². The highest BCUT2D eigenvalue weighted by molar-refractivity contribution is 7.17. The molecule has 4 aliphatic rings. The number of halogens is 1. The highest BCUT2D eigenvalue weighted by atomic mass is 35.5. The van der Waals surface area contributed by atoms with E-state index in [0.29, 0.717) is 10.8 Å². The zero-order chi connectivity index (χ0) is 24.1. The quantitative estimate of drug-likeness (QED) is 0.594. The Hall–Kier alpha value is -2.29. The second kappa shape index (κ2) is 9.30. The summed E-state index contributed by atoms with van der Waals surface area (Å²) in [7, 11) is 0. The standard InChI is InChI=1S/C26H28ClN3O4S/c27-17-12-30(23-19(31)13-34-24(17)23)26(33)22(15-3-1-2-4-15)29-25(32)21-10-9-20(35-21)16-7-8-18(28-11-16)14-5-6-14/h7-11,14-15,17,22-24H,1-6,12-13H2,(H,29,32)/t17-,22-,23+,24+/m0/s1. The summed E-state index contributed by atoms with van der Waals surface area (Å²) in [6.07, 6.45) is 7.65. The molecule has 2 amide bonds. The van der Waals surface area contributed by atoms with Gasteiger partial charge < -0.3 is 15.0 Å². The maximum Gasteiger partial charge on any atom is 0.262 e. The lowest BCUT2D eigenvalue weighted by atomic mass is 9.96. The first-order chi connectivity index (χ1) is 17.0. The summed E-state index contributed by atoms with van der Waals surface area (Å²) >= 11 is 7.81. The molecule has 0 bridgehead atoms. The molecule has 2 saturated carbocycles. The van der Waals surface area contributed by atoms with Crippen LogP contribution >= 0.6 is 22.9 Å². The van der Waals surface area contributed by atoms with Gasteiger partial charge in [-0.1, -0.05) is 18.9 Å². The van der Waals surface area contributed by atoms with Gasteiger partial charge in [0.1, 0.15) is 24.8 Å². The van der Waals surface area contributed by atoms with E-state index >= 15 is 0 Å². The summed E-state index contributed by atoms with van der Waals surface area (Å²) in [5.74, 6) is 0.0486. The van der Waals surface area contributed by atoms with Gasteiger partial charge >= 0.3 is 0 Å². The molecule has 2 saturated heterocycles. The highest BCUT2D eigenvalue weighted by Crippen LogP contribution is 2.40. The Morgan fingerprint density at radius 2 is 1.94 bits per heavy atom. The molecule has 0 unspecified atom stereocenters. The number of carbonyl (C=O) groups excluding carboxylic acids is 3. The fourth-order valence-corrected chi connectivity index (χ4v) is 6.93. The number of likely N-dealkylation sites (tertiary alicyclic amines) is 1. The number of amides is 2. The number of thiophene rings is 1. The Morgan fingerprint density at radius 3 is 2.66 bits per heavy atom. The SMILES string of the molecule is O=C(N[C@H](C(=O)N1C[C@H](Cl)[C@H]2OCC(=O)[C@H]21)C1CCCC1)c1ccc(-c2ccc(C3CC3)nc2)s1. The van der Waals surface area contributed by atoms with Crippen LogP contribution in [0.25, 0.3) is 10.4 Å². The zero-order valence-corrected chi connectivity index (χ0v) is 20.9. The molecule has 2 aromatic heterocycles. The van der Waals surface area contributed by atoms with Crippen LogP contribution in [0.4, 0.5) is 0 Å². The van der Waals surface area contributed by atoms with Gasteiger partial charge in [-0.3, -0.25) is 19.4 Å². The molecular formula is C26H28ClN3O4S. The van der Waals surface area contributed by atoms with Crippen LogP contribution in [0.1, 0.15) is 59.8 Å². The molecule has 2 aliphatic heterocycles. The van der Waals surface area contributed by atoms with E-state index < -0.39 is 23.6 Å². The second-order valence-corrected chi connectivity index (χ2v) is 11.7. The van der Waals surface area contributed by atoms with Gasteiger partial charge in [0.25, 0.3) is 5.91 Å². The van der Waals surface area contributed by atoms with Crippen molar-refractivity contribution >= 4 is 40.5 Å². The Morgan fingerprint density at radius 1 is 1.14 bits per heavy atom. The van der Waals surface area contributed by atoms with Gasteiger partial charge in [-0.15, -0.1) is 22.9 Å². The number of nitrogens with one attached hydrogen (secondary N) is 1. The Balaban J connectivity index is 1.19. The van der Waals surface area contributed by atoms with Crippen molar-refractivity contribution in [2.75, 3.05) is 13.2 Å². The summed E-state index contributed by atoms with van der Waals surface area (Å²) in [4.78, 5) is 47.1. The molecule has 7 nitrogen and oxygen atoms in total. The maximum atomic E-state index is 13.7. The van der Waals surface area contributed by atoms with Crippen molar-refractivity contribution in [2.45, 2.75) is 68.0 Å². The number of rotatable bonds is 6. The minimum atomic E-state index is -0.675. The lowest BCUT2D eigenvalue weighted by Crippen LogP contribution is -2.54. The average Bonchev–Trinajstić information content (AvgIpc) is 3.25. The molecule has 1 N–H and O–H groups in total. The van der Waals surface area contributed by atoms with Crippen molar-refractivity contribution in [3.8, 4) is 10.4 Å². The van der Waals surface area contributed by atoms with Gasteiger partial charge in [0, 0.05) is 34.8 Å². The topological polar surface area (TPSA) is 88.6 Å². The first-order valence-corrected chi connectivity index (χ1v) is 13.7. The molecule has 2 aliphatic carbocycles. The minimum absolute atomic E-state index is 0.0166. The Kier molecular flexibility index (Phi) is 6.15. The van der Waals surface area contributed by atoms with Gasteiger partial charge in [-0.2, -0.15) is 0 Å². The van der Waals surface area contributed by atoms with Crippen molar-refractivity contribution in [3.05, 3.63) is 41.0 Å².